The van der Waals surface area contributed by atoms with E-state index in [-0.39, 0.29) is 6.03 Å². The third kappa shape index (κ3) is 4.99. The SMILES string of the molecule is CCCCN(Cc1c2ccccc2c(Cl)c2ccccc12)C(=O)Nc1ccc(C(C)C)cc1. The fourth-order valence-corrected chi connectivity index (χ4v) is 4.61. The van der Waals surface area contributed by atoms with Crippen molar-refractivity contribution in [3.63, 3.8) is 0 Å². The number of carbonyl (C=O) groups is 1. The summed E-state index contributed by atoms with van der Waals surface area (Å²) in [7, 11) is 0. The van der Waals surface area contributed by atoms with Gasteiger partial charge >= 0.3 is 6.03 Å². The monoisotopic (exact) mass is 458 g/mol. The fourth-order valence-electron chi connectivity index (χ4n) is 4.28. The van der Waals surface area contributed by atoms with Gasteiger partial charge in [0.25, 0.3) is 0 Å². The van der Waals surface area contributed by atoms with E-state index in [2.05, 4.69) is 62.5 Å². The zero-order valence-corrected chi connectivity index (χ0v) is 20.3. The Morgan fingerprint density at radius 1 is 0.879 bits per heavy atom. The van der Waals surface area contributed by atoms with E-state index < -0.39 is 0 Å². The maximum absolute atomic E-state index is 13.4. The predicted octanol–water partition coefficient (Wildman–Crippen LogP) is 8.60. The fraction of sp³-hybridized carbons (Fsp3) is 0.276. The van der Waals surface area contributed by atoms with Crippen LogP contribution in [0.15, 0.2) is 72.8 Å². The lowest BCUT2D eigenvalue weighted by atomic mass is 9.96. The second kappa shape index (κ2) is 10.3. The second-order valence-electron chi connectivity index (χ2n) is 8.87. The van der Waals surface area contributed by atoms with Crippen molar-refractivity contribution in [2.24, 2.45) is 0 Å². The molecule has 4 heteroatoms. The molecule has 0 aromatic heterocycles. The summed E-state index contributed by atoms with van der Waals surface area (Å²) >= 11 is 6.78. The third-order valence-electron chi connectivity index (χ3n) is 6.22. The highest BCUT2D eigenvalue weighted by atomic mass is 35.5. The molecule has 0 fully saturated rings. The maximum Gasteiger partial charge on any atom is 0.322 e. The van der Waals surface area contributed by atoms with E-state index >= 15 is 0 Å². The summed E-state index contributed by atoms with van der Waals surface area (Å²) in [6.45, 7) is 7.70. The molecule has 4 aromatic rings. The van der Waals surface area contributed by atoms with Crippen molar-refractivity contribution in [2.75, 3.05) is 11.9 Å². The number of anilines is 1. The Morgan fingerprint density at radius 3 is 1.94 bits per heavy atom. The first-order valence-corrected chi connectivity index (χ1v) is 12.1. The molecule has 0 aliphatic carbocycles. The molecule has 4 aromatic carbocycles. The number of rotatable bonds is 7. The summed E-state index contributed by atoms with van der Waals surface area (Å²) in [5.74, 6) is 0.460. The molecule has 0 spiro atoms. The van der Waals surface area contributed by atoms with Crippen LogP contribution in [0.25, 0.3) is 21.5 Å². The Kier molecular flexibility index (Phi) is 7.20. The Morgan fingerprint density at radius 2 is 1.42 bits per heavy atom. The topological polar surface area (TPSA) is 32.3 Å². The molecule has 33 heavy (non-hydrogen) atoms. The molecule has 0 aliphatic rings. The Labute approximate surface area is 201 Å². The van der Waals surface area contributed by atoms with Crippen molar-refractivity contribution in [3.05, 3.63) is 88.9 Å². The zero-order valence-electron chi connectivity index (χ0n) is 19.6. The summed E-state index contributed by atoms with van der Waals surface area (Å²) in [6.07, 6.45) is 1.97. The van der Waals surface area contributed by atoms with E-state index in [1.165, 1.54) is 5.56 Å². The first-order chi connectivity index (χ1) is 16.0. The van der Waals surface area contributed by atoms with Crippen LogP contribution < -0.4 is 5.32 Å². The minimum Gasteiger partial charge on any atom is -0.320 e. The standard InChI is InChI=1S/C29H31ClN2O/c1-4-5-18-32(29(33)31-22-16-14-21(15-17-22)20(2)3)19-27-23-10-6-8-12-25(23)28(30)26-13-9-7-11-24(26)27/h6-17,20H,4-5,18-19H2,1-3H3,(H,31,33). The number of nitrogens with one attached hydrogen (secondary N) is 1. The molecule has 0 bridgehead atoms. The number of urea groups is 1. The van der Waals surface area contributed by atoms with Crippen LogP contribution in [0.4, 0.5) is 10.5 Å². The summed E-state index contributed by atoms with van der Waals surface area (Å²) in [6, 6.07) is 24.4. The first-order valence-electron chi connectivity index (χ1n) is 11.7. The van der Waals surface area contributed by atoms with Crippen molar-refractivity contribution in [2.45, 2.75) is 46.1 Å². The van der Waals surface area contributed by atoms with Crippen LogP contribution >= 0.6 is 11.6 Å². The molecule has 3 nitrogen and oxygen atoms in total. The number of halogens is 1. The number of unbranched alkanes of at least 4 members (excludes halogenated alkanes) is 1. The number of hydrogen-bond donors (Lipinski definition) is 1. The Balaban J connectivity index is 1.70. The maximum atomic E-state index is 13.4. The quantitative estimate of drug-likeness (QED) is 0.276. The smallest absolute Gasteiger partial charge is 0.320 e. The number of carbonyl (C=O) groups excluding carboxylic acids is 1. The average Bonchev–Trinajstić information content (AvgIpc) is 2.84. The zero-order chi connectivity index (χ0) is 23.4. The molecule has 0 saturated heterocycles. The highest BCUT2D eigenvalue weighted by Gasteiger charge is 2.19. The first kappa shape index (κ1) is 23.1. The molecule has 0 unspecified atom stereocenters. The van der Waals surface area contributed by atoms with Gasteiger partial charge in [0.15, 0.2) is 0 Å². The van der Waals surface area contributed by atoms with E-state index in [0.29, 0.717) is 19.0 Å². The van der Waals surface area contributed by atoms with Crippen molar-refractivity contribution in [1.82, 2.24) is 4.90 Å². The van der Waals surface area contributed by atoms with E-state index in [9.17, 15) is 4.79 Å². The van der Waals surface area contributed by atoms with Crippen LogP contribution in [-0.4, -0.2) is 17.5 Å². The lowest BCUT2D eigenvalue weighted by molar-refractivity contribution is 0.208. The minimum atomic E-state index is -0.0798. The second-order valence-corrected chi connectivity index (χ2v) is 9.24. The summed E-state index contributed by atoms with van der Waals surface area (Å²) in [5, 5.41) is 8.10. The molecule has 0 aliphatic heterocycles. The molecule has 4 rings (SSSR count). The van der Waals surface area contributed by atoms with E-state index in [0.717, 1.165) is 50.7 Å². The molecule has 0 heterocycles. The number of amides is 2. The normalized spacial score (nSPS) is 11.3. The van der Waals surface area contributed by atoms with E-state index in [1.807, 2.05) is 41.3 Å². The summed E-state index contributed by atoms with van der Waals surface area (Å²) in [5.41, 5.74) is 3.21. The van der Waals surface area contributed by atoms with Crippen LogP contribution in [0.3, 0.4) is 0 Å². The number of hydrogen-bond acceptors (Lipinski definition) is 1. The molecule has 0 atom stereocenters. The highest BCUT2D eigenvalue weighted by molar-refractivity contribution is 6.41. The predicted molar refractivity (Wildman–Crippen MR) is 141 cm³/mol. The molecular formula is C29H31ClN2O. The van der Waals surface area contributed by atoms with Gasteiger partial charge in [-0.15, -0.1) is 0 Å². The van der Waals surface area contributed by atoms with Gasteiger partial charge in [0.2, 0.25) is 0 Å². The molecular weight excluding hydrogens is 428 g/mol. The van der Waals surface area contributed by atoms with Crippen molar-refractivity contribution < 1.29 is 4.79 Å². The summed E-state index contributed by atoms with van der Waals surface area (Å²) in [4.78, 5) is 15.3. The van der Waals surface area contributed by atoms with Gasteiger partial charge in [0.1, 0.15) is 0 Å². The summed E-state index contributed by atoms with van der Waals surface area (Å²) < 4.78 is 0. The van der Waals surface area contributed by atoms with Crippen LogP contribution in [0.1, 0.15) is 50.7 Å². The molecule has 1 N–H and O–H groups in total. The van der Waals surface area contributed by atoms with Gasteiger partial charge in [-0.1, -0.05) is 99.5 Å². The molecule has 0 saturated carbocycles. The van der Waals surface area contributed by atoms with Crippen LogP contribution in [0.5, 0.6) is 0 Å². The van der Waals surface area contributed by atoms with Gasteiger partial charge in [0, 0.05) is 29.5 Å². The molecule has 170 valence electrons. The lowest BCUT2D eigenvalue weighted by Crippen LogP contribution is -2.35. The van der Waals surface area contributed by atoms with Crippen LogP contribution in [0, 0.1) is 0 Å². The highest BCUT2D eigenvalue weighted by Crippen LogP contribution is 2.36. The van der Waals surface area contributed by atoms with Crippen molar-refractivity contribution in [3.8, 4) is 0 Å². The Hall–Kier alpha value is -3.04. The third-order valence-corrected chi connectivity index (χ3v) is 6.63. The van der Waals surface area contributed by atoms with Gasteiger partial charge in [0.05, 0.1) is 5.02 Å². The largest absolute Gasteiger partial charge is 0.322 e. The van der Waals surface area contributed by atoms with Gasteiger partial charge in [-0.3, -0.25) is 0 Å². The average molecular weight is 459 g/mol. The van der Waals surface area contributed by atoms with Crippen LogP contribution in [0.2, 0.25) is 5.02 Å². The number of fused-ring (bicyclic) bond motifs is 2. The van der Waals surface area contributed by atoms with Gasteiger partial charge < -0.3 is 10.2 Å². The lowest BCUT2D eigenvalue weighted by Gasteiger charge is -2.25. The molecule has 0 radical (unpaired) electrons. The van der Waals surface area contributed by atoms with Gasteiger partial charge in [-0.25, -0.2) is 4.79 Å². The Bertz CT molecular complexity index is 1210. The van der Waals surface area contributed by atoms with E-state index in [4.69, 9.17) is 11.6 Å². The number of nitrogens with zero attached hydrogens (tertiary/aromatic N) is 1. The minimum absolute atomic E-state index is 0.0798. The van der Waals surface area contributed by atoms with Gasteiger partial charge in [-0.2, -0.15) is 0 Å². The van der Waals surface area contributed by atoms with Crippen molar-refractivity contribution in [1.29, 1.82) is 0 Å². The van der Waals surface area contributed by atoms with E-state index in [1.54, 1.807) is 0 Å². The van der Waals surface area contributed by atoms with Crippen LogP contribution in [-0.2, 0) is 6.54 Å². The van der Waals surface area contributed by atoms with Gasteiger partial charge in [-0.05, 0) is 46.4 Å². The molecule has 2 amide bonds. The number of benzene rings is 4. The van der Waals surface area contributed by atoms with Crippen molar-refractivity contribution >= 4 is 44.9 Å².